The molecule has 19 heavy (non-hydrogen) atoms. The topological polar surface area (TPSA) is 64.5 Å². The molecule has 1 aliphatic rings. The third kappa shape index (κ3) is 2.12. The van der Waals surface area contributed by atoms with E-state index in [4.69, 9.17) is 15.0 Å². The first-order valence-electron chi connectivity index (χ1n) is 6.43. The number of nitrogens with two attached hydrogens (primary N) is 1. The van der Waals surface area contributed by atoms with Gasteiger partial charge in [-0.3, -0.25) is 0 Å². The van der Waals surface area contributed by atoms with Crippen LogP contribution in [-0.4, -0.2) is 25.4 Å². The zero-order chi connectivity index (χ0) is 13.2. The van der Waals surface area contributed by atoms with Crippen LogP contribution in [0.15, 0.2) is 28.9 Å². The second-order valence-electron chi connectivity index (χ2n) is 4.68. The molecular weight excluding hydrogens is 242 g/mol. The Bertz CT molecular complexity index is 574. The number of hydrogen-bond acceptors (Lipinski definition) is 5. The standard InChI is InChI=1S/C14H17N3O2/c1-18-10-4-5-13(17-6-2-3-7-17)11(8-10)12-9-16-19-14(12)15/h4-5,8-9H,2-3,6-7,15H2,1H3. The third-order valence-corrected chi connectivity index (χ3v) is 3.54. The van der Waals surface area contributed by atoms with Crippen LogP contribution in [-0.2, 0) is 0 Å². The summed E-state index contributed by atoms with van der Waals surface area (Å²) in [5.74, 6) is 1.15. The second-order valence-corrected chi connectivity index (χ2v) is 4.68. The minimum Gasteiger partial charge on any atom is -0.497 e. The maximum atomic E-state index is 5.84. The highest BCUT2D eigenvalue weighted by Crippen LogP contribution is 2.38. The third-order valence-electron chi connectivity index (χ3n) is 3.54. The van der Waals surface area contributed by atoms with Crippen molar-refractivity contribution in [3.05, 3.63) is 24.4 Å². The fraction of sp³-hybridized carbons (Fsp3) is 0.357. The van der Waals surface area contributed by atoms with E-state index in [2.05, 4.69) is 16.1 Å². The molecule has 5 heteroatoms. The van der Waals surface area contributed by atoms with Gasteiger partial charge in [-0.1, -0.05) is 5.16 Å². The first kappa shape index (κ1) is 11.9. The van der Waals surface area contributed by atoms with Crippen molar-refractivity contribution >= 4 is 11.6 Å². The van der Waals surface area contributed by atoms with E-state index in [9.17, 15) is 0 Å². The summed E-state index contributed by atoms with van der Waals surface area (Å²) in [6, 6.07) is 6.03. The molecule has 1 aliphatic heterocycles. The van der Waals surface area contributed by atoms with Gasteiger partial charge in [0.25, 0.3) is 0 Å². The Morgan fingerprint density at radius 1 is 1.26 bits per heavy atom. The molecule has 2 N–H and O–H groups in total. The number of rotatable bonds is 3. The van der Waals surface area contributed by atoms with Crippen molar-refractivity contribution in [2.75, 3.05) is 30.8 Å². The van der Waals surface area contributed by atoms with Crippen LogP contribution in [0.4, 0.5) is 11.6 Å². The van der Waals surface area contributed by atoms with Gasteiger partial charge in [0.2, 0.25) is 5.88 Å². The molecule has 0 bridgehead atoms. The normalized spacial score (nSPS) is 14.9. The van der Waals surface area contributed by atoms with Gasteiger partial charge >= 0.3 is 0 Å². The zero-order valence-electron chi connectivity index (χ0n) is 10.9. The first-order chi connectivity index (χ1) is 9.29. The number of hydrogen-bond donors (Lipinski definition) is 1. The molecule has 0 amide bonds. The highest BCUT2D eigenvalue weighted by atomic mass is 16.5. The summed E-state index contributed by atoms with van der Waals surface area (Å²) < 4.78 is 10.3. The molecule has 2 aromatic rings. The number of nitrogen functional groups attached to an aromatic ring is 1. The summed E-state index contributed by atoms with van der Waals surface area (Å²) in [6.07, 6.45) is 4.11. The van der Waals surface area contributed by atoms with Gasteiger partial charge < -0.3 is 19.9 Å². The summed E-state index contributed by atoms with van der Waals surface area (Å²) in [5, 5.41) is 3.76. The minimum absolute atomic E-state index is 0.341. The number of aromatic nitrogens is 1. The van der Waals surface area contributed by atoms with Crippen molar-refractivity contribution in [1.29, 1.82) is 0 Å². The fourth-order valence-corrected chi connectivity index (χ4v) is 2.54. The average molecular weight is 259 g/mol. The summed E-state index contributed by atoms with van der Waals surface area (Å²) in [6.45, 7) is 2.15. The molecule has 1 fully saturated rings. The van der Waals surface area contributed by atoms with Crippen molar-refractivity contribution in [2.45, 2.75) is 12.8 Å². The predicted octanol–water partition coefficient (Wildman–Crippen LogP) is 2.53. The van der Waals surface area contributed by atoms with Crippen molar-refractivity contribution < 1.29 is 9.26 Å². The molecule has 100 valence electrons. The molecule has 0 spiro atoms. The monoisotopic (exact) mass is 259 g/mol. The van der Waals surface area contributed by atoms with E-state index in [0.29, 0.717) is 5.88 Å². The van der Waals surface area contributed by atoms with Gasteiger partial charge in [-0.25, -0.2) is 0 Å². The summed E-state index contributed by atoms with van der Waals surface area (Å²) in [4.78, 5) is 2.36. The molecule has 2 heterocycles. The lowest BCUT2D eigenvalue weighted by Crippen LogP contribution is -2.18. The highest BCUT2D eigenvalue weighted by Gasteiger charge is 2.19. The number of nitrogens with zero attached hydrogens (tertiary/aromatic N) is 2. The van der Waals surface area contributed by atoms with Crippen LogP contribution in [0.2, 0.25) is 0 Å². The van der Waals surface area contributed by atoms with Crippen LogP contribution < -0.4 is 15.4 Å². The Morgan fingerprint density at radius 2 is 2.05 bits per heavy atom. The lowest BCUT2D eigenvalue weighted by atomic mass is 10.1. The molecular formula is C14H17N3O2. The maximum Gasteiger partial charge on any atom is 0.230 e. The Hall–Kier alpha value is -2.17. The highest BCUT2D eigenvalue weighted by molar-refractivity contribution is 5.84. The van der Waals surface area contributed by atoms with Gasteiger partial charge in [0.15, 0.2) is 0 Å². The Labute approximate surface area is 111 Å². The minimum atomic E-state index is 0.341. The van der Waals surface area contributed by atoms with Crippen LogP contribution in [0, 0.1) is 0 Å². The molecule has 1 aromatic carbocycles. The van der Waals surface area contributed by atoms with E-state index in [0.717, 1.165) is 35.7 Å². The smallest absolute Gasteiger partial charge is 0.230 e. The zero-order valence-corrected chi connectivity index (χ0v) is 10.9. The van der Waals surface area contributed by atoms with Crippen molar-refractivity contribution in [3.63, 3.8) is 0 Å². The average Bonchev–Trinajstić information content (AvgIpc) is 3.09. The van der Waals surface area contributed by atoms with Gasteiger partial charge in [0, 0.05) is 24.3 Å². The molecule has 5 nitrogen and oxygen atoms in total. The molecule has 0 atom stereocenters. The van der Waals surface area contributed by atoms with Gasteiger partial charge in [0.05, 0.1) is 18.9 Å². The van der Waals surface area contributed by atoms with Gasteiger partial charge in [-0.15, -0.1) is 0 Å². The van der Waals surface area contributed by atoms with Crippen molar-refractivity contribution in [3.8, 4) is 16.9 Å². The van der Waals surface area contributed by atoms with Gasteiger partial charge in [-0.2, -0.15) is 0 Å². The van der Waals surface area contributed by atoms with E-state index in [-0.39, 0.29) is 0 Å². The van der Waals surface area contributed by atoms with E-state index in [1.807, 2.05) is 12.1 Å². The van der Waals surface area contributed by atoms with E-state index in [1.54, 1.807) is 13.3 Å². The summed E-state index contributed by atoms with van der Waals surface area (Å²) in [7, 11) is 1.66. The summed E-state index contributed by atoms with van der Waals surface area (Å²) in [5.41, 5.74) is 8.84. The molecule has 0 aliphatic carbocycles. The lowest BCUT2D eigenvalue weighted by molar-refractivity contribution is 0.415. The van der Waals surface area contributed by atoms with Crippen LogP contribution in [0.25, 0.3) is 11.1 Å². The van der Waals surface area contributed by atoms with Crippen LogP contribution in [0.5, 0.6) is 5.75 Å². The van der Waals surface area contributed by atoms with Gasteiger partial charge in [-0.05, 0) is 31.0 Å². The van der Waals surface area contributed by atoms with Crippen LogP contribution in [0.1, 0.15) is 12.8 Å². The fourth-order valence-electron chi connectivity index (χ4n) is 2.54. The van der Waals surface area contributed by atoms with Gasteiger partial charge in [0.1, 0.15) is 5.75 Å². The molecule has 1 saturated heterocycles. The quantitative estimate of drug-likeness (QED) is 0.917. The second kappa shape index (κ2) is 4.84. The van der Waals surface area contributed by atoms with E-state index in [1.165, 1.54) is 12.8 Å². The molecule has 3 rings (SSSR count). The molecule has 0 saturated carbocycles. The van der Waals surface area contributed by atoms with Crippen LogP contribution >= 0.6 is 0 Å². The van der Waals surface area contributed by atoms with Crippen molar-refractivity contribution in [2.24, 2.45) is 0 Å². The molecule has 1 aromatic heterocycles. The predicted molar refractivity (Wildman–Crippen MR) is 74.4 cm³/mol. The number of methoxy groups -OCH3 is 1. The number of ether oxygens (including phenoxy) is 1. The molecule has 0 unspecified atom stereocenters. The van der Waals surface area contributed by atoms with Crippen LogP contribution in [0.3, 0.4) is 0 Å². The Balaban J connectivity index is 2.10. The number of benzene rings is 1. The maximum absolute atomic E-state index is 5.84. The number of anilines is 2. The first-order valence-corrected chi connectivity index (χ1v) is 6.43. The lowest BCUT2D eigenvalue weighted by Gasteiger charge is -2.21. The van der Waals surface area contributed by atoms with E-state index >= 15 is 0 Å². The van der Waals surface area contributed by atoms with E-state index < -0.39 is 0 Å². The Kier molecular flexibility index (Phi) is 3.03. The largest absolute Gasteiger partial charge is 0.497 e. The SMILES string of the molecule is COc1ccc(N2CCCC2)c(-c2cnoc2N)c1. The summed E-state index contributed by atoms with van der Waals surface area (Å²) >= 11 is 0. The Morgan fingerprint density at radius 3 is 2.68 bits per heavy atom. The molecule has 0 radical (unpaired) electrons. The van der Waals surface area contributed by atoms with Crippen molar-refractivity contribution in [1.82, 2.24) is 5.16 Å².